The molecule has 3 aromatic rings. The molecule has 1 aromatic heterocycles. The lowest BCUT2D eigenvalue weighted by Crippen LogP contribution is -2.16. The smallest absolute Gasteiger partial charge is 0.416 e. The molecule has 0 radical (unpaired) electrons. The van der Waals surface area contributed by atoms with Crippen LogP contribution in [0.25, 0.3) is 11.6 Å². The average Bonchev–Trinajstić information content (AvgIpc) is 3.26. The summed E-state index contributed by atoms with van der Waals surface area (Å²) in [6.07, 6.45) is -9.00. The molecule has 0 saturated carbocycles. The van der Waals surface area contributed by atoms with Crippen molar-refractivity contribution >= 4 is 39.1 Å². The minimum Gasteiger partial charge on any atom is -0.478 e. The number of carboxylic acids is 1. The molecule has 39 heavy (non-hydrogen) atoms. The number of aromatic amines is 1. The second kappa shape index (κ2) is 9.29. The van der Waals surface area contributed by atoms with Crippen LogP contribution in [0.15, 0.2) is 41.3 Å². The molecule has 0 fully saturated rings. The van der Waals surface area contributed by atoms with Crippen LogP contribution in [0.3, 0.4) is 0 Å². The standard InChI is InChI=1S/C25H18F6N2O5S/c1-11-20(32-12(2)21(11)23(35)36)9-17-16-8-15(5-6-19(16)33-22(17)34)39(37,38)10-13-3-4-14(24(26,27)28)7-18(13)25(29,30)31/h3-9,32H,10H2,1-2H3,(H,33,34)(H,35,36)/b17-9-. The molecule has 3 N–H and O–H groups in total. The molecule has 0 spiro atoms. The van der Waals surface area contributed by atoms with Crippen LogP contribution in [0, 0.1) is 13.8 Å². The first-order valence-corrected chi connectivity index (χ1v) is 12.7. The number of hydrogen-bond donors (Lipinski definition) is 3. The maximum absolute atomic E-state index is 13.5. The lowest BCUT2D eigenvalue weighted by atomic mass is 10.0. The number of fused-ring (bicyclic) bond motifs is 1. The van der Waals surface area contributed by atoms with Gasteiger partial charge in [0.2, 0.25) is 0 Å². The van der Waals surface area contributed by atoms with Gasteiger partial charge in [-0.2, -0.15) is 26.3 Å². The van der Waals surface area contributed by atoms with Gasteiger partial charge in [0.1, 0.15) is 0 Å². The summed E-state index contributed by atoms with van der Waals surface area (Å²) in [6.45, 7) is 3.03. The molecule has 0 saturated heterocycles. The van der Waals surface area contributed by atoms with E-state index in [1.54, 1.807) is 0 Å². The van der Waals surface area contributed by atoms with E-state index in [1.807, 2.05) is 0 Å². The van der Waals surface area contributed by atoms with Crippen molar-refractivity contribution in [2.24, 2.45) is 0 Å². The van der Waals surface area contributed by atoms with Crippen molar-refractivity contribution in [3.63, 3.8) is 0 Å². The fourth-order valence-electron chi connectivity index (χ4n) is 4.32. The predicted octanol–water partition coefficient (Wildman–Crippen LogP) is 5.83. The van der Waals surface area contributed by atoms with Gasteiger partial charge in [0.05, 0.1) is 32.9 Å². The summed E-state index contributed by atoms with van der Waals surface area (Å²) in [5, 5.41) is 11.9. The van der Waals surface area contributed by atoms with E-state index in [1.165, 1.54) is 26.0 Å². The van der Waals surface area contributed by atoms with Gasteiger partial charge in [-0.1, -0.05) is 6.07 Å². The first-order chi connectivity index (χ1) is 17.9. The van der Waals surface area contributed by atoms with Crippen LogP contribution in [-0.2, 0) is 32.7 Å². The number of aryl methyl sites for hydroxylation is 1. The highest BCUT2D eigenvalue weighted by molar-refractivity contribution is 7.90. The predicted molar refractivity (Wildman–Crippen MR) is 128 cm³/mol. The van der Waals surface area contributed by atoms with Gasteiger partial charge in [-0.15, -0.1) is 0 Å². The molecule has 2 aromatic carbocycles. The minimum absolute atomic E-state index is 0.00572. The monoisotopic (exact) mass is 572 g/mol. The Morgan fingerprint density at radius 2 is 1.67 bits per heavy atom. The normalized spacial score (nSPS) is 15.0. The maximum Gasteiger partial charge on any atom is 0.416 e. The van der Waals surface area contributed by atoms with Gasteiger partial charge in [0.15, 0.2) is 9.84 Å². The highest BCUT2D eigenvalue weighted by Crippen LogP contribution is 2.40. The van der Waals surface area contributed by atoms with Gasteiger partial charge >= 0.3 is 18.3 Å². The van der Waals surface area contributed by atoms with Gasteiger partial charge in [0.25, 0.3) is 5.91 Å². The van der Waals surface area contributed by atoms with E-state index < -0.39 is 61.4 Å². The largest absolute Gasteiger partial charge is 0.478 e. The topological polar surface area (TPSA) is 116 Å². The number of carbonyl (C=O) groups excluding carboxylic acids is 1. The summed E-state index contributed by atoms with van der Waals surface area (Å²) in [5.41, 5.74) is -3.01. The Bertz CT molecular complexity index is 1670. The second-order valence-corrected chi connectivity index (χ2v) is 10.8. The third kappa shape index (κ3) is 5.28. The summed E-state index contributed by atoms with van der Waals surface area (Å²) < 4.78 is 106. The van der Waals surface area contributed by atoms with E-state index >= 15 is 0 Å². The van der Waals surface area contributed by atoms with Gasteiger partial charge in [0, 0.05) is 22.6 Å². The van der Waals surface area contributed by atoms with Gasteiger partial charge in [-0.3, -0.25) is 4.79 Å². The van der Waals surface area contributed by atoms with Crippen LogP contribution in [0.5, 0.6) is 0 Å². The molecule has 1 aliphatic heterocycles. The molecule has 206 valence electrons. The van der Waals surface area contributed by atoms with Crippen LogP contribution in [0.1, 0.15) is 49.6 Å². The number of carboxylic acid groups (broad SMARTS) is 1. The molecular formula is C25H18F6N2O5S. The number of benzene rings is 2. The number of halogens is 6. The number of anilines is 1. The number of aromatic carboxylic acids is 1. The molecule has 0 bridgehead atoms. The molecule has 14 heteroatoms. The van der Waals surface area contributed by atoms with Gasteiger partial charge < -0.3 is 15.4 Å². The van der Waals surface area contributed by atoms with Crippen LogP contribution in [0.2, 0.25) is 0 Å². The number of amides is 1. The number of hydrogen-bond acceptors (Lipinski definition) is 4. The lowest BCUT2D eigenvalue weighted by molar-refractivity contribution is -0.143. The van der Waals surface area contributed by atoms with Crippen LogP contribution in [-0.4, -0.2) is 30.4 Å². The Balaban J connectivity index is 1.76. The summed E-state index contributed by atoms with van der Waals surface area (Å²) in [5.74, 6) is -3.09. The fourth-order valence-corrected chi connectivity index (χ4v) is 5.72. The van der Waals surface area contributed by atoms with Gasteiger partial charge in [-0.25, -0.2) is 13.2 Å². The van der Waals surface area contributed by atoms with Crippen molar-refractivity contribution in [3.8, 4) is 0 Å². The Labute approximate surface area is 217 Å². The minimum atomic E-state index is -5.25. The zero-order chi connectivity index (χ0) is 29.1. The van der Waals surface area contributed by atoms with Crippen molar-refractivity contribution in [1.82, 2.24) is 4.98 Å². The SMILES string of the molecule is Cc1[nH]c(/C=C2\C(=O)Nc3ccc(S(=O)(=O)Cc4ccc(C(F)(F)F)cc4C(F)(F)F)cc32)c(C)c1C(=O)O. The number of alkyl halides is 6. The number of H-pyrrole nitrogens is 1. The Morgan fingerprint density at radius 3 is 2.23 bits per heavy atom. The summed E-state index contributed by atoms with van der Waals surface area (Å²) >= 11 is 0. The number of aromatic nitrogens is 1. The molecular weight excluding hydrogens is 554 g/mol. The zero-order valence-corrected chi connectivity index (χ0v) is 20.8. The molecule has 0 aliphatic carbocycles. The van der Waals surface area contributed by atoms with E-state index in [0.717, 1.165) is 12.1 Å². The zero-order valence-electron chi connectivity index (χ0n) is 20.0. The molecule has 7 nitrogen and oxygen atoms in total. The van der Waals surface area contributed by atoms with E-state index in [4.69, 9.17) is 0 Å². The Morgan fingerprint density at radius 1 is 1.00 bits per heavy atom. The van der Waals surface area contributed by atoms with E-state index in [-0.39, 0.29) is 34.1 Å². The molecule has 0 unspecified atom stereocenters. The first-order valence-electron chi connectivity index (χ1n) is 11.0. The van der Waals surface area contributed by atoms with Crippen molar-refractivity contribution in [2.75, 3.05) is 5.32 Å². The molecule has 2 heterocycles. The third-order valence-electron chi connectivity index (χ3n) is 6.20. The number of nitrogens with one attached hydrogen (secondary N) is 2. The van der Waals surface area contributed by atoms with Crippen molar-refractivity contribution in [2.45, 2.75) is 36.8 Å². The number of rotatable bonds is 5. The fraction of sp³-hybridized carbons (Fsp3) is 0.200. The number of sulfone groups is 1. The van der Waals surface area contributed by atoms with Gasteiger partial charge in [-0.05, 0) is 61.4 Å². The summed E-state index contributed by atoms with van der Waals surface area (Å²) in [6, 6.07) is 4.06. The van der Waals surface area contributed by atoms with E-state index in [0.29, 0.717) is 23.4 Å². The first kappa shape index (κ1) is 28.0. The Kier molecular flexibility index (Phi) is 6.66. The molecule has 0 atom stereocenters. The average molecular weight is 572 g/mol. The highest BCUT2D eigenvalue weighted by atomic mass is 32.2. The van der Waals surface area contributed by atoms with E-state index in [9.17, 15) is 49.5 Å². The third-order valence-corrected chi connectivity index (χ3v) is 7.86. The maximum atomic E-state index is 13.5. The van der Waals surface area contributed by atoms with Crippen LogP contribution in [0.4, 0.5) is 32.0 Å². The van der Waals surface area contributed by atoms with Crippen molar-refractivity contribution < 1.29 is 49.5 Å². The molecule has 1 amide bonds. The van der Waals surface area contributed by atoms with Crippen LogP contribution < -0.4 is 5.32 Å². The van der Waals surface area contributed by atoms with E-state index in [2.05, 4.69) is 10.3 Å². The lowest BCUT2D eigenvalue weighted by Gasteiger charge is -2.16. The Hall–Kier alpha value is -4.07. The van der Waals surface area contributed by atoms with Crippen molar-refractivity contribution in [3.05, 3.63) is 81.2 Å². The quantitative estimate of drug-likeness (QED) is 0.263. The van der Waals surface area contributed by atoms with Crippen LogP contribution >= 0.6 is 0 Å². The molecule has 1 aliphatic rings. The van der Waals surface area contributed by atoms with Crippen molar-refractivity contribution in [1.29, 1.82) is 0 Å². The number of carbonyl (C=O) groups is 2. The molecule has 4 rings (SSSR count). The summed E-state index contributed by atoms with van der Waals surface area (Å²) in [7, 11) is -4.53. The highest BCUT2D eigenvalue weighted by Gasteiger charge is 2.39. The second-order valence-electron chi connectivity index (χ2n) is 8.81. The summed E-state index contributed by atoms with van der Waals surface area (Å²) in [4.78, 5) is 26.5.